The predicted octanol–water partition coefficient (Wildman–Crippen LogP) is 5.58. The molecule has 2 aromatic rings. The van der Waals surface area contributed by atoms with Crippen LogP contribution in [0.15, 0.2) is 24.3 Å². The average Bonchev–Trinajstić information content (AvgIpc) is 2.97. The molecular weight excluding hydrogens is 371 g/mol. The molecule has 0 saturated carbocycles. The van der Waals surface area contributed by atoms with Crippen LogP contribution in [0.1, 0.15) is 41.3 Å². The molecule has 1 heterocycles. The van der Waals surface area contributed by atoms with E-state index in [4.69, 9.17) is 11.6 Å². The minimum atomic E-state index is -0.489. The number of rotatable bonds is 4. The van der Waals surface area contributed by atoms with Gasteiger partial charge in [-0.1, -0.05) is 31.0 Å². The Labute approximate surface area is 161 Å². The van der Waals surface area contributed by atoms with Gasteiger partial charge in [0.25, 0.3) is 0 Å². The number of anilines is 1. The zero-order valence-electron chi connectivity index (χ0n) is 14.3. The van der Waals surface area contributed by atoms with Crippen molar-refractivity contribution in [3.63, 3.8) is 0 Å². The largest absolute Gasteiger partial charge is 0.313 e. The number of nitrogens with one attached hydrogen (secondary N) is 1. The first-order valence-corrected chi connectivity index (χ1v) is 9.70. The second-order valence-electron chi connectivity index (χ2n) is 6.29. The van der Waals surface area contributed by atoms with Crippen molar-refractivity contribution < 1.29 is 9.18 Å². The van der Waals surface area contributed by atoms with E-state index in [1.54, 1.807) is 6.07 Å². The summed E-state index contributed by atoms with van der Waals surface area (Å²) in [5.41, 5.74) is 1.80. The number of benzene rings is 1. The number of carbonyl (C=O) groups is 1. The van der Waals surface area contributed by atoms with Gasteiger partial charge in [-0.2, -0.15) is 5.26 Å². The highest BCUT2D eigenvalue weighted by molar-refractivity contribution is 7.16. The fourth-order valence-corrected chi connectivity index (χ4v) is 4.73. The van der Waals surface area contributed by atoms with Gasteiger partial charge < -0.3 is 5.32 Å². The molecule has 134 valence electrons. The maximum absolute atomic E-state index is 13.8. The molecule has 3 rings (SSSR count). The fourth-order valence-electron chi connectivity index (χ4n) is 3.19. The van der Waals surface area contributed by atoms with Crippen LogP contribution in [0.3, 0.4) is 0 Å². The number of amides is 1. The van der Waals surface area contributed by atoms with Gasteiger partial charge in [0.2, 0.25) is 5.91 Å². The summed E-state index contributed by atoms with van der Waals surface area (Å²) in [6, 6.07) is 6.58. The van der Waals surface area contributed by atoms with Crippen molar-refractivity contribution in [2.45, 2.75) is 32.6 Å². The van der Waals surface area contributed by atoms with E-state index >= 15 is 0 Å². The first kappa shape index (κ1) is 18.6. The smallest absolute Gasteiger partial charge is 0.249 e. The van der Waals surface area contributed by atoms with E-state index in [1.807, 2.05) is 0 Å². The van der Waals surface area contributed by atoms with E-state index < -0.39 is 11.7 Å². The summed E-state index contributed by atoms with van der Waals surface area (Å²) in [5, 5.41) is 13.1. The topological polar surface area (TPSA) is 52.9 Å². The number of fused-ring (bicyclic) bond motifs is 1. The Morgan fingerprint density at radius 1 is 1.54 bits per heavy atom. The number of hydrogen-bond donors (Lipinski definition) is 1. The molecule has 0 fully saturated rings. The summed E-state index contributed by atoms with van der Waals surface area (Å²) in [4.78, 5) is 13.4. The molecule has 0 bridgehead atoms. The number of thiophene rings is 1. The number of nitrogens with zero attached hydrogens (tertiary/aromatic N) is 1. The van der Waals surface area contributed by atoms with E-state index in [2.05, 4.69) is 18.3 Å². The summed E-state index contributed by atoms with van der Waals surface area (Å²) < 4.78 is 13.8. The summed E-state index contributed by atoms with van der Waals surface area (Å²) in [7, 11) is 0. The van der Waals surface area contributed by atoms with Crippen molar-refractivity contribution in [2.24, 2.45) is 5.92 Å². The summed E-state index contributed by atoms with van der Waals surface area (Å²) in [6.07, 6.45) is 6.62. The van der Waals surface area contributed by atoms with Gasteiger partial charge in [-0.3, -0.25) is 4.79 Å². The van der Waals surface area contributed by atoms with Crippen LogP contribution in [-0.2, 0) is 17.6 Å². The Bertz CT molecular complexity index is 893. The molecule has 1 aliphatic rings. The van der Waals surface area contributed by atoms with Crippen molar-refractivity contribution >= 4 is 39.9 Å². The predicted molar refractivity (Wildman–Crippen MR) is 104 cm³/mol. The van der Waals surface area contributed by atoms with Crippen LogP contribution in [0.25, 0.3) is 6.08 Å². The minimum Gasteiger partial charge on any atom is -0.313 e. The zero-order chi connectivity index (χ0) is 18.7. The first-order chi connectivity index (χ1) is 12.5. The van der Waals surface area contributed by atoms with Crippen LogP contribution in [0.2, 0.25) is 5.02 Å². The number of halogens is 2. The van der Waals surface area contributed by atoms with Crippen LogP contribution in [-0.4, -0.2) is 5.91 Å². The van der Waals surface area contributed by atoms with Crippen LogP contribution in [0.4, 0.5) is 9.39 Å². The molecule has 1 unspecified atom stereocenters. The molecule has 0 aliphatic heterocycles. The van der Waals surface area contributed by atoms with Gasteiger partial charge in [-0.15, -0.1) is 11.3 Å². The second kappa shape index (κ2) is 8.03. The molecule has 26 heavy (non-hydrogen) atoms. The summed E-state index contributed by atoms with van der Waals surface area (Å²) >= 11 is 7.43. The zero-order valence-corrected chi connectivity index (χ0v) is 15.9. The van der Waals surface area contributed by atoms with E-state index in [-0.39, 0.29) is 10.6 Å². The first-order valence-electron chi connectivity index (χ1n) is 8.51. The third kappa shape index (κ3) is 3.82. The van der Waals surface area contributed by atoms with E-state index in [0.717, 1.165) is 31.2 Å². The van der Waals surface area contributed by atoms with Crippen LogP contribution < -0.4 is 5.32 Å². The third-order valence-electron chi connectivity index (χ3n) is 4.69. The second-order valence-corrected chi connectivity index (χ2v) is 7.81. The van der Waals surface area contributed by atoms with Crippen LogP contribution in [0, 0.1) is 23.1 Å². The van der Waals surface area contributed by atoms with Crippen molar-refractivity contribution in [2.75, 3.05) is 5.32 Å². The van der Waals surface area contributed by atoms with E-state index in [1.165, 1.54) is 40.5 Å². The lowest BCUT2D eigenvalue weighted by Crippen LogP contribution is -2.12. The molecule has 3 nitrogen and oxygen atoms in total. The number of nitriles is 1. The SMILES string of the molecule is CCC1CCc2c(sc(NC(=O)/C=C/c3c(F)cccc3Cl)c2C#N)C1. The Hall–Kier alpha value is -2.16. The highest BCUT2D eigenvalue weighted by Crippen LogP contribution is 2.40. The van der Waals surface area contributed by atoms with Gasteiger partial charge in [-0.05, 0) is 49.0 Å². The minimum absolute atomic E-state index is 0.168. The number of carbonyl (C=O) groups excluding carboxylic acids is 1. The summed E-state index contributed by atoms with van der Waals surface area (Å²) in [6.45, 7) is 2.18. The average molecular weight is 389 g/mol. The molecule has 6 heteroatoms. The fraction of sp³-hybridized carbons (Fsp3) is 0.300. The van der Waals surface area contributed by atoms with Crippen molar-refractivity contribution in [1.82, 2.24) is 0 Å². The maximum atomic E-state index is 13.8. The molecule has 0 spiro atoms. The standard InChI is InChI=1S/C20H18ClFN2OS/c1-2-12-6-7-13-15(11-23)20(26-18(13)10-12)24-19(25)9-8-14-16(21)4-3-5-17(14)22/h3-5,8-9,12H,2,6-7,10H2,1H3,(H,24,25)/b9-8+. The quantitative estimate of drug-likeness (QED) is 0.695. The lowest BCUT2D eigenvalue weighted by molar-refractivity contribution is -0.111. The van der Waals surface area contributed by atoms with Crippen molar-refractivity contribution in [3.8, 4) is 6.07 Å². The van der Waals surface area contributed by atoms with Crippen LogP contribution >= 0.6 is 22.9 Å². The van der Waals surface area contributed by atoms with E-state index in [0.29, 0.717) is 16.5 Å². The molecule has 1 aromatic heterocycles. The van der Waals surface area contributed by atoms with Gasteiger partial charge in [0.15, 0.2) is 0 Å². The third-order valence-corrected chi connectivity index (χ3v) is 6.19. The maximum Gasteiger partial charge on any atom is 0.249 e. The van der Waals surface area contributed by atoms with Gasteiger partial charge in [0.1, 0.15) is 16.9 Å². The van der Waals surface area contributed by atoms with Gasteiger partial charge >= 0.3 is 0 Å². The highest BCUT2D eigenvalue weighted by atomic mass is 35.5. The monoisotopic (exact) mass is 388 g/mol. The summed E-state index contributed by atoms with van der Waals surface area (Å²) in [5.74, 6) is -0.262. The van der Waals surface area contributed by atoms with Gasteiger partial charge in [-0.25, -0.2) is 4.39 Å². The number of hydrogen-bond acceptors (Lipinski definition) is 3. The van der Waals surface area contributed by atoms with Gasteiger partial charge in [0, 0.05) is 16.5 Å². The Morgan fingerprint density at radius 3 is 3.04 bits per heavy atom. The van der Waals surface area contributed by atoms with Crippen LogP contribution in [0.5, 0.6) is 0 Å². The normalized spacial score (nSPS) is 16.3. The molecule has 1 aromatic carbocycles. The Balaban J connectivity index is 1.79. The molecule has 0 radical (unpaired) electrons. The van der Waals surface area contributed by atoms with E-state index in [9.17, 15) is 14.4 Å². The molecule has 1 atom stereocenters. The van der Waals surface area contributed by atoms with Crippen molar-refractivity contribution in [3.05, 3.63) is 56.7 Å². The molecule has 0 saturated heterocycles. The van der Waals surface area contributed by atoms with Crippen molar-refractivity contribution in [1.29, 1.82) is 5.26 Å². The Kier molecular flexibility index (Phi) is 5.75. The molecule has 1 aliphatic carbocycles. The van der Waals surface area contributed by atoms with Gasteiger partial charge in [0.05, 0.1) is 10.6 Å². The molecule has 1 amide bonds. The highest BCUT2D eigenvalue weighted by Gasteiger charge is 2.25. The lowest BCUT2D eigenvalue weighted by Gasteiger charge is -2.20. The molecule has 1 N–H and O–H groups in total. The lowest BCUT2D eigenvalue weighted by atomic mass is 9.86. The Morgan fingerprint density at radius 2 is 2.35 bits per heavy atom. The molecular formula is C20H18ClFN2OS.